The van der Waals surface area contributed by atoms with Gasteiger partial charge >= 0.3 is 5.97 Å². The van der Waals surface area contributed by atoms with Crippen LogP contribution < -0.4 is 0 Å². The summed E-state index contributed by atoms with van der Waals surface area (Å²) in [6.45, 7) is 6.52. The van der Waals surface area contributed by atoms with Crippen molar-refractivity contribution in [3.63, 3.8) is 0 Å². The molecule has 98 valence electrons. The van der Waals surface area contributed by atoms with Crippen molar-refractivity contribution in [1.82, 2.24) is 0 Å². The van der Waals surface area contributed by atoms with E-state index in [9.17, 15) is 4.79 Å². The molecule has 2 rings (SSSR count). The summed E-state index contributed by atoms with van der Waals surface area (Å²) in [5.41, 5.74) is 0.0129. The fraction of sp³-hybridized carbons (Fsp3) is 0.929. The summed E-state index contributed by atoms with van der Waals surface area (Å²) < 4.78 is 10.7. The molecule has 0 aromatic rings. The topological polar surface area (TPSA) is 38.8 Å². The minimum atomic E-state index is -0.111. The molecule has 2 aliphatic rings. The van der Waals surface area contributed by atoms with Gasteiger partial charge in [-0.2, -0.15) is 0 Å². The van der Waals surface area contributed by atoms with Crippen molar-refractivity contribution in [1.29, 1.82) is 0 Å². The molecule has 2 fully saturated rings. The molecule has 3 heteroatoms. The number of carbonyl (C=O) groups excluding carboxylic acids is 1. The Hall–Kier alpha value is -0.570. The average molecular weight is 240 g/mol. The van der Waals surface area contributed by atoms with Crippen LogP contribution in [0.2, 0.25) is 0 Å². The minimum absolute atomic E-state index is 0.0129. The van der Waals surface area contributed by atoms with Gasteiger partial charge in [0.2, 0.25) is 0 Å². The summed E-state index contributed by atoms with van der Waals surface area (Å²) in [6.07, 6.45) is 4.75. The van der Waals surface area contributed by atoms with Gasteiger partial charge in [-0.3, -0.25) is 4.79 Å². The number of ether oxygens (including phenoxy) is 2. The van der Waals surface area contributed by atoms with Gasteiger partial charge in [0, 0.05) is 0 Å². The number of epoxide rings is 1. The quantitative estimate of drug-likeness (QED) is 0.560. The van der Waals surface area contributed by atoms with Gasteiger partial charge in [0.1, 0.15) is 0 Å². The molecule has 1 saturated heterocycles. The third kappa shape index (κ3) is 2.49. The van der Waals surface area contributed by atoms with Crippen molar-refractivity contribution in [3.05, 3.63) is 0 Å². The molecule has 0 spiro atoms. The standard InChI is InChI=1S/C14H24O3/c1-9(2)11-5-6-14(12(7-11)17-14)8-10(3)13(15)16-4/h9-12H,5-8H2,1-4H3/t10-,11+,12?,14+/m1/s1. The van der Waals surface area contributed by atoms with Crippen molar-refractivity contribution in [2.45, 2.75) is 58.2 Å². The Morgan fingerprint density at radius 1 is 1.47 bits per heavy atom. The molecule has 1 aliphatic carbocycles. The molecule has 0 aromatic carbocycles. The second-order valence-corrected chi connectivity index (χ2v) is 6.08. The number of methoxy groups -OCH3 is 1. The Bertz CT molecular complexity index is 300. The molecular weight excluding hydrogens is 216 g/mol. The van der Waals surface area contributed by atoms with Crippen LogP contribution in [0.1, 0.15) is 46.5 Å². The largest absolute Gasteiger partial charge is 0.469 e. The lowest BCUT2D eigenvalue weighted by atomic mass is 9.74. The normalized spacial score (nSPS) is 37.5. The van der Waals surface area contributed by atoms with Crippen LogP contribution in [0.25, 0.3) is 0 Å². The van der Waals surface area contributed by atoms with E-state index in [1.54, 1.807) is 0 Å². The van der Waals surface area contributed by atoms with Crippen molar-refractivity contribution >= 4 is 5.97 Å². The number of hydrogen-bond acceptors (Lipinski definition) is 3. The first-order valence-electron chi connectivity index (χ1n) is 6.74. The maximum atomic E-state index is 11.4. The van der Waals surface area contributed by atoms with Crippen molar-refractivity contribution in [3.8, 4) is 0 Å². The van der Waals surface area contributed by atoms with Crippen LogP contribution in [0.15, 0.2) is 0 Å². The van der Waals surface area contributed by atoms with Gasteiger partial charge in [0.25, 0.3) is 0 Å². The van der Waals surface area contributed by atoms with Gasteiger partial charge in [-0.1, -0.05) is 20.8 Å². The predicted molar refractivity (Wildman–Crippen MR) is 65.6 cm³/mol. The SMILES string of the molecule is COC(=O)[C@H](C)C[C@@]12CC[C@H](C(C)C)CC1O2. The summed E-state index contributed by atoms with van der Waals surface area (Å²) in [4.78, 5) is 11.4. The summed E-state index contributed by atoms with van der Waals surface area (Å²) in [7, 11) is 1.46. The smallest absolute Gasteiger partial charge is 0.308 e. The Balaban J connectivity index is 1.87. The molecule has 1 saturated carbocycles. The number of esters is 1. The monoisotopic (exact) mass is 240 g/mol. The first-order valence-corrected chi connectivity index (χ1v) is 6.74. The highest BCUT2D eigenvalue weighted by Gasteiger charge is 2.59. The zero-order valence-electron chi connectivity index (χ0n) is 11.4. The third-order valence-electron chi connectivity index (χ3n) is 4.56. The van der Waals surface area contributed by atoms with Crippen molar-refractivity contribution in [2.75, 3.05) is 7.11 Å². The number of carbonyl (C=O) groups is 1. The van der Waals surface area contributed by atoms with Gasteiger partial charge in [-0.25, -0.2) is 0 Å². The molecule has 1 aliphatic heterocycles. The summed E-state index contributed by atoms with van der Waals surface area (Å²) >= 11 is 0. The van der Waals surface area contributed by atoms with E-state index in [1.165, 1.54) is 20.0 Å². The zero-order valence-corrected chi connectivity index (χ0v) is 11.4. The third-order valence-corrected chi connectivity index (χ3v) is 4.56. The van der Waals surface area contributed by atoms with E-state index >= 15 is 0 Å². The Morgan fingerprint density at radius 2 is 2.18 bits per heavy atom. The van der Waals surface area contributed by atoms with E-state index in [-0.39, 0.29) is 17.5 Å². The van der Waals surface area contributed by atoms with Gasteiger partial charge in [0.15, 0.2) is 0 Å². The molecule has 0 bridgehead atoms. The van der Waals surface area contributed by atoms with E-state index in [4.69, 9.17) is 9.47 Å². The molecule has 1 heterocycles. The highest BCUT2D eigenvalue weighted by molar-refractivity contribution is 5.72. The molecule has 3 nitrogen and oxygen atoms in total. The lowest BCUT2D eigenvalue weighted by Crippen LogP contribution is -2.30. The van der Waals surface area contributed by atoms with E-state index in [0.717, 1.165) is 24.7 Å². The minimum Gasteiger partial charge on any atom is -0.469 e. The van der Waals surface area contributed by atoms with E-state index < -0.39 is 0 Å². The lowest BCUT2D eigenvalue weighted by molar-refractivity contribution is -0.145. The van der Waals surface area contributed by atoms with Crippen LogP contribution >= 0.6 is 0 Å². The summed E-state index contributed by atoms with van der Waals surface area (Å²) in [6, 6.07) is 0. The fourth-order valence-electron chi connectivity index (χ4n) is 3.24. The zero-order chi connectivity index (χ0) is 12.6. The fourth-order valence-corrected chi connectivity index (χ4v) is 3.24. The summed E-state index contributed by atoms with van der Waals surface area (Å²) in [5, 5.41) is 0. The maximum Gasteiger partial charge on any atom is 0.308 e. The highest BCUT2D eigenvalue weighted by Crippen LogP contribution is 2.54. The van der Waals surface area contributed by atoms with Crippen molar-refractivity contribution in [2.24, 2.45) is 17.8 Å². The van der Waals surface area contributed by atoms with Crippen LogP contribution in [-0.2, 0) is 14.3 Å². The second-order valence-electron chi connectivity index (χ2n) is 6.08. The second kappa shape index (κ2) is 4.60. The molecule has 1 unspecified atom stereocenters. The Morgan fingerprint density at radius 3 is 2.71 bits per heavy atom. The van der Waals surface area contributed by atoms with Crippen LogP contribution in [-0.4, -0.2) is 24.8 Å². The first kappa shape index (κ1) is 12.9. The Labute approximate surface area is 104 Å². The summed E-state index contributed by atoms with van der Waals surface area (Å²) in [5.74, 6) is 1.39. The number of hydrogen-bond donors (Lipinski definition) is 0. The van der Waals surface area contributed by atoms with Gasteiger partial charge in [0.05, 0.1) is 24.7 Å². The highest BCUT2D eigenvalue weighted by atomic mass is 16.6. The molecule has 4 atom stereocenters. The van der Waals surface area contributed by atoms with Gasteiger partial charge < -0.3 is 9.47 Å². The lowest BCUT2D eigenvalue weighted by Gasteiger charge is -2.28. The number of rotatable bonds is 4. The first-order chi connectivity index (χ1) is 7.98. The average Bonchev–Trinajstić information content (AvgIpc) is 3.00. The van der Waals surface area contributed by atoms with Crippen LogP contribution in [0.5, 0.6) is 0 Å². The maximum absolute atomic E-state index is 11.4. The van der Waals surface area contributed by atoms with E-state index in [2.05, 4.69) is 13.8 Å². The van der Waals surface area contributed by atoms with Crippen LogP contribution in [0.3, 0.4) is 0 Å². The predicted octanol–water partition coefficient (Wildman–Crippen LogP) is 2.78. The Kier molecular flexibility index (Phi) is 3.48. The van der Waals surface area contributed by atoms with Gasteiger partial charge in [-0.15, -0.1) is 0 Å². The molecule has 0 radical (unpaired) electrons. The molecule has 17 heavy (non-hydrogen) atoms. The van der Waals surface area contributed by atoms with Crippen molar-refractivity contribution < 1.29 is 14.3 Å². The van der Waals surface area contributed by atoms with E-state index in [0.29, 0.717) is 6.10 Å². The van der Waals surface area contributed by atoms with E-state index in [1.807, 2.05) is 6.92 Å². The number of fused-ring (bicyclic) bond motifs is 1. The van der Waals surface area contributed by atoms with Crippen LogP contribution in [0.4, 0.5) is 0 Å². The van der Waals surface area contributed by atoms with Gasteiger partial charge in [-0.05, 0) is 37.5 Å². The van der Waals surface area contributed by atoms with Crippen LogP contribution in [0, 0.1) is 17.8 Å². The molecular formula is C14H24O3. The molecule has 0 aromatic heterocycles. The molecule has 0 amide bonds. The molecule has 0 N–H and O–H groups in total.